The Labute approximate surface area is 164 Å². The zero-order valence-corrected chi connectivity index (χ0v) is 15.9. The van der Waals surface area contributed by atoms with Crippen LogP contribution in [0.1, 0.15) is 19.8 Å². The Kier molecular flexibility index (Phi) is 5.51. The molecule has 2 aromatic carbocycles. The summed E-state index contributed by atoms with van der Waals surface area (Å²) in [7, 11) is 0. The van der Waals surface area contributed by atoms with Crippen LogP contribution in [0.25, 0.3) is 0 Å². The van der Waals surface area contributed by atoms with E-state index in [-0.39, 0.29) is 0 Å². The van der Waals surface area contributed by atoms with E-state index in [1.807, 2.05) is 31.2 Å². The number of hydrogen-bond donors (Lipinski definition) is 2. The van der Waals surface area contributed by atoms with Crippen LogP contribution in [0, 0.1) is 0 Å². The summed E-state index contributed by atoms with van der Waals surface area (Å²) in [5, 5.41) is 14.5. The monoisotopic (exact) mass is 376 g/mol. The molecule has 0 spiro atoms. The van der Waals surface area contributed by atoms with Crippen molar-refractivity contribution in [3.8, 4) is 5.75 Å². The maximum atomic E-state index is 5.45. The summed E-state index contributed by atoms with van der Waals surface area (Å²) in [6, 6.07) is 16.1. The lowest BCUT2D eigenvalue weighted by Gasteiger charge is -2.17. The van der Waals surface area contributed by atoms with Gasteiger partial charge in [-0.1, -0.05) is 0 Å². The molecule has 0 atom stereocenters. The molecule has 1 aliphatic rings. The molecule has 0 aliphatic carbocycles. The standard InChI is InChI=1S/C21H24N6O/c1-2-28-19-11-7-17(8-12-19)24-21-25-20(15-22-26-21)23-16-5-9-18(10-6-16)27-13-3-4-14-27/h5-12,15H,2-4,13-14H2,1H3,(H2,23,24,25,26). The average molecular weight is 376 g/mol. The molecule has 0 bridgehead atoms. The first-order valence-electron chi connectivity index (χ1n) is 9.62. The Morgan fingerprint density at radius 1 is 0.929 bits per heavy atom. The first-order chi connectivity index (χ1) is 13.8. The number of nitrogens with zero attached hydrogens (tertiary/aromatic N) is 4. The number of rotatable bonds is 7. The highest BCUT2D eigenvalue weighted by molar-refractivity contribution is 5.62. The van der Waals surface area contributed by atoms with Crippen molar-refractivity contribution < 1.29 is 4.74 Å². The van der Waals surface area contributed by atoms with Gasteiger partial charge >= 0.3 is 0 Å². The summed E-state index contributed by atoms with van der Waals surface area (Å²) in [5.41, 5.74) is 3.11. The molecule has 1 fully saturated rings. The van der Waals surface area contributed by atoms with E-state index in [1.165, 1.54) is 18.5 Å². The normalized spacial score (nSPS) is 13.4. The van der Waals surface area contributed by atoms with Gasteiger partial charge in [-0.25, -0.2) is 0 Å². The fraction of sp³-hybridized carbons (Fsp3) is 0.286. The SMILES string of the molecule is CCOc1ccc(Nc2nncc(Nc3ccc(N4CCCC4)cc3)n2)cc1. The van der Waals surface area contributed by atoms with Crippen LogP contribution in [-0.2, 0) is 0 Å². The molecule has 28 heavy (non-hydrogen) atoms. The fourth-order valence-corrected chi connectivity index (χ4v) is 3.23. The van der Waals surface area contributed by atoms with Crippen molar-refractivity contribution in [1.29, 1.82) is 0 Å². The van der Waals surface area contributed by atoms with Crippen LogP contribution >= 0.6 is 0 Å². The van der Waals surface area contributed by atoms with Crippen LogP contribution in [0.2, 0.25) is 0 Å². The van der Waals surface area contributed by atoms with Gasteiger partial charge in [-0.15, -0.1) is 5.10 Å². The van der Waals surface area contributed by atoms with Gasteiger partial charge in [0.1, 0.15) is 5.75 Å². The van der Waals surface area contributed by atoms with Crippen LogP contribution in [0.4, 0.5) is 28.8 Å². The quantitative estimate of drug-likeness (QED) is 0.634. The van der Waals surface area contributed by atoms with Crippen molar-refractivity contribution in [1.82, 2.24) is 15.2 Å². The topological polar surface area (TPSA) is 75.2 Å². The molecule has 4 rings (SSSR count). The summed E-state index contributed by atoms with van der Waals surface area (Å²) < 4.78 is 5.45. The fourth-order valence-electron chi connectivity index (χ4n) is 3.23. The molecule has 1 saturated heterocycles. The van der Waals surface area contributed by atoms with E-state index < -0.39 is 0 Å². The number of benzene rings is 2. The minimum absolute atomic E-state index is 0.433. The Morgan fingerprint density at radius 2 is 1.61 bits per heavy atom. The third-order valence-electron chi connectivity index (χ3n) is 4.59. The number of ether oxygens (including phenoxy) is 1. The Morgan fingerprint density at radius 3 is 2.32 bits per heavy atom. The van der Waals surface area contributed by atoms with E-state index in [0.29, 0.717) is 18.4 Å². The first-order valence-corrected chi connectivity index (χ1v) is 9.62. The number of aromatic nitrogens is 3. The van der Waals surface area contributed by atoms with E-state index in [9.17, 15) is 0 Å². The van der Waals surface area contributed by atoms with E-state index in [4.69, 9.17) is 4.74 Å². The lowest BCUT2D eigenvalue weighted by atomic mass is 10.2. The predicted octanol–water partition coefficient (Wildman–Crippen LogP) is 4.36. The van der Waals surface area contributed by atoms with Gasteiger partial charge in [0.25, 0.3) is 0 Å². The van der Waals surface area contributed by atoms with Gasteiger partial charge in [0, 0.05) is 30.2 Å². The van der Waals surface area contributed by atoms with Crippen molar-refractivity contribution in [3.05, 3.63) is 54.7 Å². The Hall–Kier alpha value is -3.35. The molecule has 0 saturated carbocycles. The smallest absolute Gasteiger partial charge is 0.249 e. The van der Waals surface area contributed by atoms with Gasteiger partial charge in [-0.3, -0.25) is 0 Å². The van der Waals surface area contributed by atoms with Crippen molar-refractivity contribution in [2.24, 2.45) is 0 Å². The van der Waals surface area contributed by atoms with Crippen LogP contribution < -0.4 is 20.3 Å². The Bertz CT molecular complexity index is 892. The highest BCUT2D eigenvalue weighted by atomic mass is 16.5. The molecule has 144 valence electrons. The third-order valence-corrected chi connectivity index (χ3v) is 4.59. The van der Waals surface area contributed by atoms with Gasteiger partial charge in [0.15, 0.2) is 5.82 Å². The second-order valence-electron chi connectivity index (χ2n) is 6.61. The molecule has 0 amide bonds. The summed E-state index contributed by atoms with van der Waals surface area (Å²) in [6.45, 7) is 4.89. The van der Waals surface area contributed by atoms with E-state index >= 15 is 0 Å². The summed E-state index contributed by atoms with van der Waals surface area (Å²) in [5.74, 6) is 1.90. The maximum absolute atomic E-state index is 5.45. The van der Waals surface area contributed by atoms with Gasteiger partial charge in [0.05, 0.1) is 12.8 Å². The molecular formula is C21H24N6O. The van der Waals surface area contributed by atoms with Crippen molar-refractivity contribution in [2.45, 2.75) is 19.8 Å². The van der Waals surface area contributed by atoms with Gasteiger partial charge in [-0.2, -0.15) is 10.1 Å². The molecule has 7 heteroatoms. The van der Waals surface area contributed by atoms with Crippen LogP contribution in [-0.4, -0.2) is 34.9 Å². The lowest BCUT2D eigenvalue weighted by molar-refractivity contribution is 0.340. The largest absolute Gasteiger partial charge is 0.494 e. The van der Waals surface area contributed by atoms with Crippen molar-refractivity contribution in [3.63, 3.8) is 0 Å². The van der Waals surface area contributed by atoms with Gasteiger partial charge in [-0.05, 0) is 68.3 Å². The molecule has 3 aromatic rings. The van der Waals surface area contributed by atoms with Gasteiger partial charge in [0.2, 0.25) is 5.95 Å². The molecule has 7 nitrogen and oxygen atoms in total. The molecule has 2 heterocycles. The van der Waals surface area contributed by atoms with Gasteiger partial charge < -0.3 is 20.3 Å². The molecular weight excluding hydrogens is 352 g/mol. The second-order valence-corrected chi connectivity index (χ2v) is 6.61. The van der Waals surface area contributed by atoms with Crippen LogP contribution in [0.15, 0.2) is 54.7 Å². The highest BCUT2D eigenvalue weighted by Crippen LogP contribution is 2.24. The van der Waals surface area contributed by atoms with E-state index in [1.54, 1.807) is 6.20 Å². The highest BCUT2D eigenvalue weighted by Gasteiger charge is 2.12. The zero-order chi connectivity index (χ0) is 19.2. The Balaban J connectivity index is 1.40. The minimum atomic E-state index is 0.433. The number of anilines is 5. The molecule has 0 unspecified atom stereocenters. The zero-order valence-electron chi connectivity index (χ0n) is 15.9. The van der Waals surface area contributed by atoms with Crippen molar-refractivity contribution in [2.75, 3.05) is 35.2 Å². The summed E-state index contributed by atoms with van der Waals surface area (Å²) in [4.78, 5) is 6.90. The molecule has 0 radical (unpaired) electrons. The summed E-state index contributed by atoms with van der Waals surface area (Å²) in [6.07, 6.45) is 4.16. The number of hydrogen-bond acceptors (Lipinski definition) is 7. The van der Waals surface area contributed by atoms with E-state index in [0.717, 1.165) is 30.2 Å². The lowest BCUT2D eigenvalue weighted by Crippen LogP contribution is -2.17. The van der Waals surface area contributed by atoms with E-state index in [2.05, 4.69) is 55.0 Å². The average Bonchev–Trinajstić information content (AvgIpc) is 3.26. The maximum Gasteiger partial charge on any atom is 0.249 e. The molecule has 1 aromatic heterocycles. The minimum Gasteiger partial charge on any atom is -0.494 e. The van der Waals surface area contributed by atoms with Crippen molar-refractivity contribution >= 4 is 28.8 Å². The first kappa shape index (κ1) is 18.0. The van der Waals surface area contributed by atoms with Crippen LogP contribution in [0.5, 0.6) is 5.75 Å². The number of nitrogens with one attached hydrogen (secondary N) is 2. The van der Waals surface area contributed by atoms with Crippen LogP contribution in [0.3, 0.4) is 0 Å². The second kappa shape index (κ2) is 8.56. The summed E-state index contributed by atoms with van der Waals surface area (Å²) >= 11 is 0. The molecule has 2 N–H and O–H groups in total. The third kappa shape index (κ3) is 4.49. The molecule has 1 aliphatic heterocycles. The predicted molar refractivity (Wildman–Crippen MR) is 112 cm³/mol.